The second-order valence-corrected chi connectivity index (χ2v) is 6.69. The van der Waals surface area contributed by atoms with E-state index in [1.165, 1.54) is 21.3 Å². The molecule has 0 aliphatic carbocycles. The summed E-state index contributed by atoms with van der Waals surface area (Å²) in [6, 6.07) is 7.31. The van der Waals surface area contributed by atoms with Crippen LogP contribution in [0.15, 0.2) is 24.3 Å². The lowest BCUT2D eigenvalue weighted by molar-refractivity contribution is -0.146. The Bertz CT molecular complexity index is 858. The number of carbonyl (C=O) groups is 2. The minimum Gasteiger partial charge on any atom is -0.493 e. The van der Waals surface area contributed by atoms with Crippen LogP contribution in [-0.4, -0.2) is 39.8 Å². The molecule has 0 aliphatic heterocycles. The molecule has 0 unspecified atom stereocenters. The number of anilines is 1. The van der Waals surface area contributed by atoms with Crippen LogP contribution >= 0.6 is 0 Å². The molecule has 7 heteroatoms. The van der Waals surface area contributed by atoms with Crippen molar-refractivity contribution in [3.63, 3.8) is 0 Å². The Kier molecular flexibility index (Phi) is 7.47. The van der Waals surface area contributed by atoms with Crippen molar-refractivity contribution in [3.05, 3.63) is 46.5 Å². The smallest absolute Gasteiger partial charge is 0.310 e. The fraction of sp³-hybridized carbons (Fsp3) is 0.364. The molecule has 1 amide bonds. The van der Waals surface area contributed by atoms with Crippen LogP contribution in [0.25, 0.3) is 0 Å². The lowest BCUT2D eigenvalue weighted by atomic mass is 10.1. The maximum atomic E-state index is 12.2. The Morgan fingerprint density at radius 1 is 0.862 bits per heavy atom. The van der Waals surface area contributed by atoms with Crippen molar-refractivity contribution >= 4 is 17.6 Å². The summed E-state index contributed by atoms with van der Waals surface area (Å²) in [4.78, 5) is 24.4. The van der Waals surface area contributed by atoms with E-state index in [2.05, 4.69) is 5.32 Å². The van der Waals surface area contributed by atoms with Crippen molar-refractivity contribution in [2.24, 2.45) is 0 Å². The van der Waals surface area contributed by atoms with Crippen molar-refractivity contribution < 1.29 is 28.5 Å². The Morgan fingerprint density at radius 2 is 1.41 bits per heavy atom. The van der Waals surface area contributed by atoms with Crippen LogP contribution in [0.3, 0.4) is 0 Å². The van der Waals surface area contributed by atoms with E-state index in [0.29, 0.717) is 22.8 Å². The van der Waals surface area contributed by atoms with Gasteiger partial charge >= 0.3 is 5.97 Å². The summed E-state index contributed by atoms with van der Waals surface area (Å²) in [5, 5.41) is 2.80. The molecule has 0 atom stereocenters. The molecule has 0 radical (unpaired) electrons. The van der Waals surface area contributed by atoms with Gasteiger partial charge in [0, 0.05) is 5.69 Å². The molecule has 7 nitrogen and oxygen atoms in total. The highest BCUT2D eigenvalue weighted by Gasteiger charge is 2.16. The molecule has 0 aromatic heterocycles. The normalized spacial score (nSPS) is 10.3. The van der Waals surface area contributed by atoms with Gasteiger partial charge in [-0.1, -0.05) is 17.7 Å². The molecule has 0 fully saturated rings. The largest absolute Gasteiger partial charge is 0.493 e. The zero-order chi connectivity index (χ0) is 21.6. The van der Waals surface area contributed by atoms with Crippen molar-refractivity contribution in [2.75, 3.05) is 33.3 Å². The molecule has 2 rings (SSSR count). The number of hydrogen-bond donors (Lipinski definition) is 1. The number of carbonyl (C=O) groups excluding carboxylic acids is 2. The molecule has 0 saturated carbocycles. The number of amides is 1. The summed E-state index contributed by atoms with van der Waals surface area (Å²) in [5.74, 6) is 0.399. The number of rotatable bonds is 8. The van der Waals surface area contributed by atoms with Crippen molar-refractivity contribution in [3.8, 4) is 17.2 Å². The number of ether oxygens (including phenoxy) is 4. The fourth-order valence-electron chi connectivity index (χ4n) is 3.15. The lowest BCUT2D eigenvalue weighted by Gasteiger charge is -2.14. The summed E-state index contributed by atoms with van der Waals surface area (Å²) < 4.78 is 20.9. The first-order chi connectivity index (χ1) is 13.8. The third-order valence-corrected chi connectivity index (χ3v) is 4.38. The van der Waals surface area contributed by atoms with Crippen LogP contribution in [0.4, 0.5) is 5.69 Å². The average Bonchev–Trinajstić information content (AvgIpc) is 2.68. The molecule has 156 valence electrons. The minimum absolute atomic E-state index is 0.0351. The van der Waals surface area contributed by atoms with Gasteiger partial charge in [-0.2, -0.15) is 0 Å². The van der Waals surface area contributed by atoms with E-state index in [-0.39, 0.29) is 13.0 Å². The molecular weight excluding hydrogens is 374 g/mol. The quantitative estimate of drug-likeness (QED) is 0.683. The first kappa shape index (κ1) is 22.1. The van der Waals surface area contributed by atoms with Gasteiger partial charge < -0.3 is 24.3 Å². The first-order valence-corrected chi connectivity index (χ1v) is 9.11. The maximum Gasteiger partial charge on any atom is 0.310 e. The summed E-state index contributed by atoms with van der Waals surface area (Å²) in [6.07, 6.45) is -0.0351. The number of nitrogens with one attached hydrogen (secondary N) is 1. The van der Waals surface area contributed by atoms with Gasteiger partial charge in [0.25, 0.3) is 5.91 Å². The molecule has 1 N–H and O–H groups in total. The van der Waals surface area contributed by atoms with E-state index in [4.69, 9.17) is 18.9 Å². The van der Waals surface area contributed by atoms with E-state index < -0.39 is 11.9 Å². The second kappa shape index (κ2) is 9.82. The van der Waals surface area contributed by atoms with Gasteiger partial charge in [-0.05, 0) is 49.6 Å². The van der Waals surface area contributed by atoms with Crippen LogP contribution in [0.1, 0.15) is 22.3 Å². The summed E-state index contributed by atoms with van der Waals surface area (Å²) >= 11 is 0. The molecular formula is C22H27NO6. The molecule has 29 heavy (non-hydrogen) atoms. The Hall–Kier alpha value is -3.22. The maximum absolute atomic E-state index is 12.2. The van der Waals surface area contributed by atoms with Crippen molar-refractivity contribution in [1.29, 1.82) is 0 Å². The van der Waals surface area contributed by atoms with Gasteiger partial charge in [0.05, 0.1) is 27.8 Å². The van der Waals surface area contributed by atoms with Gasteiger partial charge in [-0.15, -0.1) is 0 Å². The zero-order valence-corrected chi connectivity index (χ0v) is 17.7. The number of hydrogen-bond acceptors (Lipinski definition) is 6. The molecule has 0 bridgehead atoms. The third-order valence-electron chi connectivity index (χ3n) is 4.38. The number of methoxy groups -OCH3 is 3. The summed E-state index contributed by atoms with van der Waals surface area (Å²) in [6.45, 7) is 5.48. The molecule has 0 saturated heterocycles. The first-order valence-electron chi connectivity index (χ1n) is 9.11. The van der Waals surface area contributed by atoms with Gasteiger partial charge in [0.15, 0.2) is 18.1 Å². The Labute approximate surface area is 170 Å². The van der Waals surface area contributed by atoms with Crippen LogP contribution in [-0.2, 0) is 20.7 Å². The molecule has 0 spiro atoms. The number of esters is 1. The molecule has 2 aromatic rings. The predicted molar refractivity (Wildman–Crippen MR) is 110 cm³/mol. The minimum atomic E-state index is -0.535. The summed E-state index contributed by atoms with van der Waals surface area (Å²) in [5.41, 5.74) is 4.39. The van der Waals surface area contributed by atoms with E-state index >= 15 is 0 Å². The average molecular weight is 401 g/mol. The topological polar surface area (TPSA) is 83.1 Å². The summed E-state index contributed by atoms with van der Waals surface area (Å²) in [7, 11) is 4.50. The van der Waals surface area contributed by atoms with E-state index in [1.807, 2.05) is 32.9 Å². The zero-order valence-electron chi connectivity index (χ0n) is 17.7. The van der Waals surface area contributed by atoms with E-state index in [0.717, 1.165) is 22.4 Å². The van der Waals surface area contributed by atoms with Crippen LogP contribution in [0.2, 0.25) is 0 Å². The van der Waals surface area contributed by atoms with Crippen LogP contribution in [0, 0.1) is 20.8 Å². The van der Waals surface area contributed by atoms with E-state index in [9.17, 15) is 9.59 Å². The number of benzene rings is 2. The molecule has 0 aliphatic rings. The molecule has 0 heterocycles. The van der Waals surface area contributed by atoms with Crippen LogP contribution in [0.5, 0.6) is 17.2 Å². The van der Waals surface area contributed by atoms with Gasteiger partial charge in [-0.3, -0.25) is 9.59 Å². The monoisotopic (exact) mass is 401 g/mol. The predicted octanol–water partition coefficient (Wildman–Crippen LogP) is 3.36. The van der Waals surface area contributed by atoms with Gasteiger partial charge in [0.2, 0.25) is 5.75 Å². The number of aryl methyl sites for hydroxylation is 3. The Balaban J connectivity index is 1.99. The Morgan fingerprint density at radius 3 is 1.90 bits per heavy atom. The highest BCUT2D eigenvalue weighted by Crippen LogP contribution is 2.38. The second-order valence-electron chi connectivity index (χ2n) is 6.69. The standard InChI is InChI=1S/C22H27NO6/c1-13-7-14(2)21(15(3)8-13)23-19(24)12-29-20(25)11-16-9-17(26-4)22(28-6)18(10-16)27-5/h7-10H,11-12H2,1-6H3,(H,23,24). The van der Waals surface area contributed by atoms with Crippen molar-refractivity contribution in [2.45, 2.75) is 27.2 Å². The molecule has 2 aromatic carbocycles. The highest BCUT2D eigenvalue weighted by atomic mass is 16.5. The van der Waals surface area contributed by atoms with Crippen molar-refractivity contribution in [1.82, 2.24) is 0 Å². The van der Waals surface area contributed by atoms with Gasteiger partial charge in [0.1, 0.15) is 0 Å². The fourth-order valence-corrected chi connectivity index (χ4v) is 3.15. The third kappa shape index (κ3) is 5.63. The lowest BCUT2D eigenvalue weighted by Crippen LogP contribution is -2.22. The SMILES string of the molecule is COc1cc(CC(=O)OCC(=O)Nc2c(C)cc(C)cc2C)cc(OC)c1OC. The van der Waals surface area contributed by atoms with Crippen LogP contribution < -0.4 is 19.5 Å². The van der Waals surface area contributed by atoms with E-state index in [1.54, 1.807) is 12.1 Å². The van der Waals surface area contributed by atoms with Gasteiger partial charge in [-0.25, -0.2) is 0 Å². The highest BCUT2D eigenvalue weighted by molar-refractivity contribution is 5.94.